The van der Waals surface area contributed by atoms with E-state index in [-0.39, 0.29) is 0 Å². The number of hydrogen-bond acceptors (Lipinski definition) is 4. The minimum atomic E-state index is 0.357. The predicted octanol–water partition coefficient (Wildman–Crippen LogP) is 1.53. The number of rotatable bonds is 7. The summed E-state index contributed by atoms with van der Waals surface area (Å²) in [5.74, 6) is 1.61. The molecule has 0 amide bonds. The Kier molecular flexibility index (Phi) is 5.75. The average Bonchev–Trinajstić information content (AvgIpc) is 2.71. The monoisotopic (exact) mass is 253 g/mol. The molecule has 1 heterocycles. The van der Waals surface area contributed by atoms with Gasteiger partial charge in [-0.05, 0) is 33.9 Å². The maximum Gasteiger partial charge on any atom is 0.141 e. The fourth-order valence-electron chi connectivity index (χ4n) is 1.96. The molecule has 1 atom stereocenters. The fourth-order valence-corrected chi connectivity index (χ4v) is 1.96. The summed E-state index contributed by atoms with van der Waals surface area (Å²) in [6.07, 6.45) is 1.63. The Morgan fingerprint density at radius 3 is 2.44 bits per heavy atom. The van der Waals surface area contributed by atoms with Gasteiger partial charge in [-0.2, -0.15) is 5.10 Å². The first kappa shape index (κ1) is 15.1. The summed E-state index contributed by atoms with van der Waals surface area (Å²) >= 11 is 0. The lowest BCUT2D eigenvalue weighted by Crippen LogP contribution is -2.42. The van der Waals surface area contributed by atoms with Crippen LogP contribution in [0.25, 0.3) is 0 Å². The molecule has 1 rings (SSSR count). The van der Waals surface area contributed by atoms with Gasteiger partial charge >= 0.3 is 0 Å². The van der Waals surface area contributed by atoms with Crippen LogP contribution in [-0.2, 0) is 6.54 Å². The highest BCUT2D eigenvalue weighted by Gasteiger charge is 2.15. The van der Waals surface area contributed by atoms with Crippen molar-refractivity contribution in [2.24, 2.45) is 5.92 Å². The van der Waals surface area contributed by atoms with E-state index in [4.69, 9.17) is 0 Å². The Balaban J connectivity index is 2.58. The van der Waals surface area contributed by atoms with Gasteiger partial charge in [-0.1, -0.05) is 13.8 Å². The molecule has 5 heteroatoms. The highest BCUT2D eigenvalue weighted by atomic mass is 15.4. The fraction of sp³-hybridized carbons (Fsp3) is 0.846. The lowest BCUT2D eigenvalue weighted by molar-refractivity contribution is 0.284. The zero-order chi connectivity index (χ0) is 13.7. The Bertz CT molecular complexity index is 343. The van der Waals surface area contributed by atoms with Gasteiger partial charge in [0, 0.05) is 18.6 Å². The highest BCUT2D eigenvalue weighted by molar-refractivity contribution is 4.87. The first-order valence-electron chi connectivity index (χ1n) is 6.68. The molecule has 0 spiro atoms. The maximum atomic E-state index is 4.32. The second kappa shape index (κ2) is 6.85. The smallest absolute Gasteiger partial charge is 0.141 e. The minimum Gasteiger partial charge on any atom is -0.308 e. The van der Waals surface area contributed by atoms with Crippen LogP contribution in [-0.4, -0.2) is 46.3 Å². The average molecular weight is 253 g/mol. The van der Waals surface area contributed by atoms with Gasteiger partial charge in [0.2, 0.25) is 0 Å². The zero-order valence-corrected chi connectivity index (χ0v) is 12.5. The topological polar surface area (TPSA) is 46.0 Å². The van der Waals surface area contributed by atoms with Crippen LogP contribution in [0.4, 0.5) is 0 Å². The van der Waals surface area contributed by atoms with Crippen LogP contribution in [0.15, 0.2) is 6.33 Å². The Morgan fingerprint density at radius 2 is 1.94 bits per heavy atom. The molecule has 0 radical (unpaired) electrons. The van der Waals surface area contributed by atoms with Crippen molar-refractivity contribution in [1.29, 1.82) is 0 Å². The molecule has 0 aliphatic rings. The lowest BCUT2D eigenvalue weighted by atomic mass is 10.0. The standard InChI is InChI=1S/C13H27N5/c1-10(2)12(8-17(5)6)14-7-13-15-9-16-18(13)11(3)4/h9-12,14H,7-8H2,1-6H3. The third-order valence-corrected chi connectivity index (χ3v) is 3.03. The molecule has 0 aromatic carbocycles. The van der Waals surface area contributed by atoms with Gasteiger partial charge in [-0.3, -0.25) is 0 Å². The Labute approximate surface area is 111 Å². The molecule has 104 valence electrons. The Morgan fingerprint density at radius 1 is 1.28 bits per heavy atom. The molecular formula is C13H27N5. The molecule has 18 heavy (non-hydrogen) atoms. The summed E-state index contributed by atoms with van der Waals surface area (Å²) < 4.78 is 1.97. The number of nitrogens with one attached hydrogen (secondary N) is 1. The van der Waals surface area contributed by atoms with Crippen molar-refractivity contribution < 1.29 is 0 Å². The summed E-state index contributed by atoms with van der Waals surface area (Å²) in [5.41, 5.74) is 0. The van der Waals surface area contributed by atoms with Crippen LogP contribution in [0.5, 0.6) is 0 Å². The van der Waals surface area contributed by atoms with E-state index in [0.29, 0.717) is 18.0 Å². The molecule has 0 bridgehead atoms. The first-order chi connectivity index (χ1) is 8.41. The van der Waals surface area contributed by atoms with Gasteiger partial charge in [-0.25, -0.2) is 9.67 Å². The van der Waals surface area contributed by atoms with E-state index in [9.17, 15) is 0 Å². The molecule has 1 unspecified atom stereocenters. The second-order valence-electron chi connectivity index (χ2n) is 5.71. The normalized spacial score (nSPS) is 13.8. The van der Waals surface area contributed by atoms with Crippen LogP contribution < -0.4 is 5.32 Å². The predicted molar refractivity (Wildman–Crippen MR) is 74.4 cm³/mol. The summed E-state index contributed by atoms with van der Waals surface area (Å²) in [5, 5.41) is 7.84. The van der Waals surface area contributed by atoms with Gasteiger partial charge in [-0.15, -0.1) is 0 Å². The SMILES string of the molecule is CC(C)C(CN(C)C)NCc1ncnn1C(C)C. The van der Waals surface area contributed by atoms with Crippen molar-refractivity contribution in [1.82, 2.24) is 25.0 Å². The largest absolute Gasteiger partial charge is 0.308 e. The van der Waals surface area contributed by atoms with E-state index in [1.807, 2.05) is 4.68 Å². The molecular weight excluding hydrogens is 226 g/mol. The zero-order valence-electron chi connectivity index (χ0n) is 12.5. The molecule has 1 aromatic rings. The van der Waals surface area contributed by atoms with E-state index < -0.39 is 0 Å². The molecule has 1 N–H and O–H groups in total. The molecule has 0 aliphatic carbocycles. The molecule has 0 fully saturated rings. The van der Waals surface area contributed by atoms with E-state index in [1.54, 1.807) is 6.33 Å². The number of likely N-dealkylation sites (N-methyl/N-ethyl adjacent to an activating group) is 1. The highest BCUT2D eigenvalue weighted by Crippen LogP contribution is 2.07. The molecule has 0 saturated carbocycles. The van der Waals surface area contributed by atoms with Gasteiger partial charge in [0.15, 0.2) is 0 Å². The van der Waals surface area contributed by atoms with Crippen LogP contribution in [0, 0.1) is 5.92 Å². The first-order valence-corrected chi connectivity index (χ1v) is 6.68. The quantitative estimate of drug-likeness (QED) is 0.800. The van der Waals surface area contributed by atoms with Crippen molar-refractivity contribution >= 4 is 0 Å². The lowest BCUT2D eigenvalue weighted by Gasteiger charge is -2.25. The summed E-state index contributed by atoms with van der Waals surface area (Å²) in [6.45, 7) is 10.5. The van der Waals surface area contributed by atoms with Crippen LogP contribution >= 0.6 is 0 Å². The third kappa shape index (κ3) is 4.38. The molecule has 5 nitrogen and oxygen atoms in total. The van der Waals surface area contributed by atoms with Crippen LogP contribution in [0.2, 0.25) is 0 Å². The van der Waals surface area contributed by atoms with Gasteiger partial charge < -0.3 is 10.2 Å². The summed E-state index contributed by atoms with van der Waals surface area (Å²) in [4.78, 5) is 6.54. The molecule has 0 saturated heterocycles. The summed E-state index contributed by atoms with van der Waals surface area (Å²) in [7, 11) is 4.21. The van der Waals surface area contributed by atoms with E-state index in [0.717, 1.165) is 18.9 Å². The van der Waals surface area contributed by atoms with Gasteiger partial charge in [0.05, 0.1) is 6.54 Å². The summed E-state index contributed by atoms with van der Waals surface area (Å²) in [6, 6.07) is 0.827. The maximum absolute atomic E-state index is 4.32. The van der Waals surface area contributed by atoms with Crippen LogP contribution in [0.1, 0.15) is 39.6 Å². The van der Waals surface area contributed by atoms with E-state index in [2.05, 4.69) is 62.1 Å². The van der Waals surface area contributed by atoms with E-state index in [1.165, 1.54) is 0 Å². The number of nitrogens with zero attached hydrogens (tertiary/aromatic N) is 4. The number of aromatic nitrogens is 3. The van der Waals surface area contributed by atoms with E-state index >= 15 is 0 Å². The van der Waals surface area contributed by atoms with Crippen molar-refractivity contribution in [3.05, 3.63) is 12.2 Å². The van der Waals surface area contributed by atoms with Crippen molar-refractivity contribution in [2.45, 2.75) is 46.3 Å². The Hall–Kier alpha value is -0.940. The third-order valence-electron chi connectivity index (χ3n) is 3.03. The van der Waals surface area contributed by atoms with Gasteiger partial charge in [0.25, 0.3) is 0 Å². The molecule has 0 aliphatic heterocycles. The second-order valence-corrected chi connectivity index (χ2v) is 5.71. The molecule has 1 aromatic heterocycles. The number of hydrogen-bond donors (Lipinski definition) is 1. The van der Waals surface area contributed by atoms with Crippen molar-refractivity contribution in [2.75, 3.05) is 20.6 Å². The van der Waals surface area contributed by atoms with Crippen molar-refractivity contribution in [3.63, 3.8) is 0 Å². The van der Waals surface area contributed by atoms with Crippen molar-refractivity contribution in [3.8, 4) is 0 Å². The van der Waals surface area contributed by atoms with Crippen LogP contribution in [0.3, 0.4) is 0 Å². The van der Waals surface area contributed by atoms with Gasteiger partial charge in [0.1, 0.15) is 12.2 Å². The minimum absolute atomic E-state index is 0.357.